The first kappa shape index (κ1) is 21.4. The van der Waals surface area contributed by atoms with Gasteiger partial charge in [-0.05, 0) is 12.1 Å². The lowest BCUT2D eigenvalue weighted by atomic mass is 10.0. The van der Waals surface area contributed by atoms with Crippen LogP contribution in [-0.4, -0.2) is 19.5 Å². The van der Waals surface area contributed by atoms with Gasteiger partial charge in [-0.2, -0.15) is 0 Å². The van der Waals surface area contributed by atoms with Crippen LogP contribution in [0.2, 0.25) is 12.1 Å². The van der Waals surface area contributed by atoms with Gasteiger partial charge in [0, 0.05) is 0 Å². The number of rotatable bonds is 16. The molecular formula is C18H42OSi2. The molecule has 2 unspecified atom stereocenters. The molecule has 0 N–H and O–H groups in total. The Labute approximate surface area is 139 Å². The summed E-state index contributed by atoms with van der Waals surface area (Å²) in [6.45, 7) is 7.05. The zero-order valence-electron chi connectivity index (χ0n) is 15.5. The molecule has 2 atom stereocenters. The molecule has 21 heavy (non-hydrogen) atoms. The Balaban J connectivity index is 3.09. The molecule has 3 heteroatoms. The lowest BCUT2D eigenvalue weighted by molar-refractivity contribution is 0.527. The first-order valence-electron chi connectivity index (χ1n) is 9.75. The highest BCUT2D eigenvalue weighted by molar-refractivity contribution is 6.55. The summed E-state index contributed by atoms with van der Waals surface area (Å²) in [5.41, 5.74) is 0.884. The van der Waals surface area contributed by atoms with E-state index in [1.165, 1.54) is 89.9 Å². The average molecular weight is 331 g/mol. The smallest absolute Gasteiger partial charge is 0.162 e. The van der Waals surface area contributed by atoms with Gasteiger partial charge < -0.3 is 4.12 Å². The van der Waals surface area contributed by atoms with E-state index in [4.69, 9.17) is 4.12 Å². The summed E-state index contributed by atoms with van der Waals surface area (Å²) in [7, 11) is 0.141. The predicted octanol–water partition coefficient (Wildman–Crippen LogP) is 5.51. The fraction of sp³-hybridized carbons (Fsp3) is 1.00. The third-order valence-corrected chi connectivity index (χ3v) is 9.85. The van der Waals surface area contributed by atoms with Crippen molar-refractivity contribution in [1.29, 1.82) is 0 Å². The standard InChI is InChI=1S/C18H42OSi2/c1-4-5-6-7-8-9-10-11-12-13-14-15-16-17-18(2)21(3)19-20/h18,21H,4-17H2,1-3,20H3. The Kier molecular flexibility index (Phi) is 17.1. The molecule has 0 aliphatic carbocycles. The van der Waals surface area contributed by atoms with Gasteiger partial charge in [0.2, 0.25) is 0 Å². The van der Waals surface area contributed by atoms with Gasteiger partial charge in [0.25, 0.3) is 0 Å². The van der Waals surface area contributed by atoms with Crippen LogP contribution in [0.5, 0.6) is 0 Å². The van der Waals surface area contributed by atoms with Gasteiger partial charge in [-0.15, -0.1) is 0 Å². The second-order valence-electron chi connectivity index (χ2n) is 6.95. The lowest BCUT2D eigenvalue weighted by Gasteiger charge is -2.16. The molecule has 0 bridgehead atoms. The van der Waals surface area contributed by atoms with E-state index in [2.05, 4.69) is 20.4 Å². The predicted molar refractivity (Wildman–Crippen MR) is 104 cm³/mol. The van der Waals surface area contributed by atoms with Gasteiger partial charge in [-0.3, -0.25) is 0 Å². The normalized spacial score (nSPS) is 14.4. The summed E-state index contributed by atoms with van der Waals surface area (Å²) >= 11 is 0. The third kappa shape index (κ3) is 15.1. The van der Waals surface area contributed by atoms with Crippen molar-refractivity contribution in [2.24, 2.45) is 0 Å². The van der Waals surface area contributed by atoms with E-state index in [0.717, 1.165) is 16.0 Å². The van der Waals surface area contributed by atoms with E-state index in [1.54, 1.807) is 0 Å². The quantitative estimate of drug-likeness (QED) is 0.268. The summed E-state index contributed by atoms with van der Waals surface area (Å²) in [5, 5.41) is 0. The molecular weight excluding hydrogens is 288 g/mol. The molecule has 0 aliphatic rings. The maximum atomic E-state index is 5.65. The van der Waals surface area contributed by atoms with Crippen molar-refractivity contribution in [2.75, 3.05) is 0 Å². The summed E-state index contributed by atoms with van der Waals surface area (Å²) in [6, 6.07) is 0. The summed E-state index contributed by atoms with van der Waals surface area (Å²) < 4.78 is 5.65. The fourth-order valence-electron chi connectivity index (χ4n) is 2.95. The molecule has 0 aromatic carbocycles. The highest BCUT2D eigenvalue weighted by Gasteiger charge is 2.11. The molecule has 0 saturated heterocycles. The Morgan fingerprint density at radius 3 is 1.52 bits per heavy atom. The van der Waals surface area contributed by atoms with Gasteiger partial charge in [-0.1, -0.05) is 104 Å². The lowest BCUT2D eigenvalue weighted by Crippen LogP contribution is -2.17. The van der Waals surface area contributed by atoms with Crippen LogP contribution >= 0.6 is 0 Å². The van der Waals surface area contributed by atoms with E-state index < -0.39 is 9.04 Å². The highest BCUT2D eigenvalue weighted by atomic mass is 28.3. The molecule has 0 rings (SSSR count). The zero-order chi connectivity index (χ0) is 15.8. The van der Waals surface area contributed by atoms with Gasteiger partial charge in [0.05, 0.1) is 0 Å². The van der Waals surface area contributed by atoms with E-state index in [-0.39, 0.29) is 0 Å². The number of unbranched alkanes of at least 4 members (excludes halogenated alkanes) is 12. The Morgan fingerprint density at radius 1 is 0.762 bits per heavy atom. The van der Waals surface area contributed by atoms with E-state index >= 15 is 0 Å². The SMILES string of the molecule is CCCCCCCCCCCCCCCC(C)[SiH](C)O[SiH3]. The Bertz CT molecular complexity index is 200. The van der Waals surface area contributed by atoms with Crippen molar-refractivity contribution in [3.63, 3.8) is 0 Å². The molecule has 0 aliphatic heterocycles. The summed E-state index contributed by atoms with van der Waals surface area (Å²) in [4.78, 5) is 0. The topological polar surface area (TPSA) is 9.23 Å². The second-order valence-corrected chi connectivity index (χ2v) is 11.4. The second kappa shape index (κ2) is 16.8. The maximum absolute atomic E-state index is 5.65. The van der Waals surface area contributed by atoms with Crippen molar-refractivity contribution in [1.82, 2.24) is 0 Å². The Morgan fingerprint density at radius 2 is 1.14 bits per heavy atom. The highest BCUT2D eigenvalue weighted by Crippen LogP contribution is 2.19. The number of hydrogen-bond donors (Lipinski definition) is 0. The molecule has 0 fully saturated rings. The average Bonchev–Trinajstić information content (AvgIpc) is 2.50. The first-order chi connectivity index (χ1) is 10.2. The van der Waals surface area contributed by atoms with E-state index in [1.807, 2.05) is 0 Å². The Hall–Kier alpha value is 0.394. The maximum Gasteiger partial charge on any atom is 0.162 e. The summed E-state index contributed by atoms with van der Waals surface area (Å²) in [5.74, 6) is 0. The molecule has 1 nitrogen and oxygen atoms in total. The van der Waals surface area contributed by atoms with Gasteiger partial charge in [0.15, 0.2) is 9.04 Å². The van der Waals surface area contributed by atoms with Gasteiger partial charge in [0.1, 0.15) is 10.5 Å². The van der Waals surface area contributed by atoms with Crippen molar-refractivity contribution >= 4 is 19.5 Å². The van der Waals surface area contributed by atoms with Crippen LogP contribution in [0.15, 0.2) is 0 Å². The number of hydrogen-bond acceptors (Lipinski definition) is 1. The van der Waals surface area contributed by atoms with Crippen molar-refractivity contribution in [3.05, 3.63) is 0 Å². The minimum atomic E-state index is -0.803. The molecule has 0 amide bonds. The largest absolute Gasteiger partial charge is 0.466 e. The first-order valence-corrected chi connectivity index (χ1v) is 12.9. The van der Waals surface area contributed by atoms with Crippen LogP contribution in [0, 0.1) is 0 Å². The monoisotopic (exact) mass is 330 g/mol. The van der Waals surface area contributed by atoms with Crippen molar-refractivity contribution in [2.45, 2.75) is 116 Å². The minimum absolute atomic E-state index is 0.803. The van der Waals surface area contributed by atoms with Crippen LogP contribution in [-0.2, 0) is 4.12 Å². The molecule has 0 aromatic rings. The molecule has 0 aromatic heterocycles. The van der Waals surface area contributed by atoms with Gasteiger partial charge >= 0.3 is 0 Å². The van der Waals surface area contributed by atoms with Crippen LogP contribution in [0.4, 0.5) is 0 Å². The van der Waals surface area contributed by atoms with E-state index in [0.29, 0.717) is 0 Å². The molecule has 0 heterocycles. The van der Waals surface area contributed by atoms with Crippen LogP contribution in [0.1, 0.15) is 104 Å². The van der Waals surface area contributed by atoms with Gasteiger partial charge in [-0.25, -0.2) is 0 Å². The minimum Gasteiger partial charge on any atom is -0.466 e. The molecule has 128 valence electrons. The third-order valence-electron chi connectivity index (χ3n) is 4.94. The van der Waals surface area contributed by atoms with Crippen molar-refractivity contribution < 1.29 is 4.12 Å². The van der Waals surface area contributed by atoms with Crippen LogP contribution in [0.3, 0.4) is 0 Å². The molecule has 0 spiro atoms. The zero-order valence-corrected chi connectivity index (χ0v) is 18.6. The van der Waals surface area contributed by atoms with Crippen LogP contribution in [0.25, 0.3) is 0 Å². The fourth-order valence-corrected chi connectivity index (χ4v) is 5.51. The summed E-state index contributed by atoms with van der Waals surface area (Å²) in [6.07, 6.45) is 20.3. The van der Waals surface area contributed by atoms with Crippen LogP contribution < -0.4 is 0 Å². The van der Waals surface area contributed by atoms with E-state index in [9.17, 15) is 0 Å². The molecule has 0 saturated carbocycles. The molecule has 0 radical (unpaired) electrons. The van der Waals surface area contributed by atoms with Crippen molar-refractivity contribution in [3.8, 4) is 0 Å².